The summed E-state index contributed by atoms with van der Waals surface area (Å²) in [6, 6.07) is 0. The molecule has 0 radical (unpaired) electrons. The number of hydrogen-bond acceptors (Lipinski definition) is 3. The minimum atomic E-state index is -0.532. The highest BCUT2D eigenvalue weighted by molar-refractivity contribution is 6.14. The summed E-state index contributed by atoms with van der Waals surface area (Å²) in [5, 5.41) is 0. The third-order valence-electron chi connectivity index (χ3n) is 1.81. The van der Waals surface area contributed by atoms with Crippen molar-refractivity contribution in [2.75, 3.05) is 0 Å². The lowest BCUT2D eigenvalue weighted by molar-refractivity contribution is -0.151. The van der Waals surface area contributed by atoms with Gasteiger partial charge in [-0.15, -0.1) is 0 Å². The third-order valence-corrected chi connectivity index (χ3v) is 1.81. The summed E-state index contributed by atoms with van der Waals surface area (Å²) >= 11 is 0. The molecule has 0 atom stereocenters. The average molecular weight is 162 g/mol. The molecule has 2 rings (SSSR count). The van der Waals surface area contributed by atoms with E-state index in [2.05, 4.69) is 4.74 Å². The maximum Gasteiger partial charge on any atom is 0.346 e. The van der Waals surface area contributed by atoms with E-state index in [0.29, 0.717) is 17.6 Å². The van der Waals surface area contributed by atoms with Gasteiger partial charge >= 0.3 is 11.9 Å². The molecule has 60 valence electrons. The van der Waals surface area contributed by atoms with Crippen LogP contribution in [-0.4, -0.2) is 11.9 Å². The van der Waals surface area contributed by atoms with E-state index in [1.165, 1.54) is 0 Å². The molecule has 1 aliphatic carbocycles. The van der Waals surface area contributed by atoms with Crippen LogP contribution in [0.4, 0.5) is 0 Å². The molecule has 0 aromatic heterocycles. The number of hydrogen-bond donors (Lipinski definition) is 0. The second kappa shape index (κ2) is 2.44. The van der Waals surface area contributed by atoms with Crippen molar-refractivity contribution in [3.05, 3.63) is 35.5 Å². The maximum atomic E-state index is 11.0. The molecule has 1 aliphatic heterocycles. The molecule has 0 amide bonds. The summed E-state index contributed by atoms with van der Waals surface area (Å²) in [6.45, 7) is 0. The highest BCUT2D eigenvalue weighted by Crippen LogP contribution is 2.23. The largest absolute Gasteiger partial charge is 0.386 e. The minimum absolute atomic E-state index is 0.394. The van der Waals surface area contributed by atoms with Gasteiger partial charge in [0.25, 0.3) is 0 Å². The van der Waals surface area contributed by atoms with Crippen molar-refractivity contribution in [2.24, 2.45) is 0 Å². The fraction of sp³-hybridized carbons (Fsp3) is 0.111. The zero-order valence-electron chi connectivity index (χ0n) is 6.24. The Labute approximate surface area is 69.0 Å². The van der Waals surface area contributed by atoms with E-state index in [-0.39, 0.29) is 0 Å². The molecule has 0 saturated carbocycles. The molecule has 0 fully saturated rings. The van der Waals surface area contributed by atoms with Crippen LogP contribution in [-0.2, 0) is 14.3 Å². The lowest BCUT2D eigenvalue weighted by Gasteiger charge is -1.89. The van der Waals surface area contributed by atoms with E-state index < -0.39 is 11.9 Å². The molecule has 2 aliphatic rings. The van der Waals surface area contributed by atoms with Crippen molar-refractivity contribution in [3.8, 4) is 0 Å². The van der Waals surface area contributed by atoms with Crippen molar-refractivity contribution in [3.63, 3.8) is 0 Å². The van der Waals surface area contributed by atoms with Crippen LogP contribution in [0.5, 0.6) is 0 Å². The Kier molecular flexibility index (Phi) is 1.43. The standard InChI is InChI=1S/C9H6O3/c10-8-6-4-2-1-3-5-7(6)9(11)12-8/h1-4H,5H2. The van der Waals surface area contributed by atoms with Crippen LogP contribution < -0.4 is 0 Å². The number of esters is 2. The van der Waals surface area contributed by atoms with Gasteiger partial charge in [0.15, 0.2) is 0 Å². The Bertz CT molecular complexity index is 345. The SMILES string of the molecule is O=C1OC(=O)C2=C1C=CC=CC2. The lowest BCUT2D eigenvalue weighted by Crippen LogP contribution is -2.01. The number of carbonyl (C=O) groups is 2. The van der Waals surface area contributed by atoms with Gasteiger partial charge in [-0.2, -0.15) is 0 Å². The lowest BCUT2D eigenvalue weighted by atomic mass is 10.1. The molecular formula is C9H6O3. The second-order valence-electron chi connectivity index (χ2n) is 2.56. The first-order valence-corrected chi connectivity index (χ1v) is 3.62. The molecule has 0 saturated heterocycles. The Morgan fingerprint density at radius 2 is 2.00 bits per heavy atom. The first-order chi connectivity index (χ1) is 5.79. The predicted octanol–water partition coefficient (Wildman–Crippen LogP) is 0.882. The number of rotatable bonds is 0. The Morgan fingerprint density at radius 1 is 1.17 bits per heavy atom. The third kappa shape index (κ3) is 0.906. The molecule has 12 heavy (non-hydrogen) atoms. The Morgan fingerprint density at radius 3 is 2.83 bits per heavy atom. The number of carbonyl (C=O) groups excluding carboxylic acids is 2. The zero-order valence-corrected chi connectivity index (χ0v) is 6.24. The van der Waals surface area contributed by atoms with Gasteiger partial charge in [-0.25, -0.2) is 9.59 Å². The van der Waals surface area contributed by atoms with Gasteiger partial charge in [-0.3, -0.25) is 0 Å². The van der Waals surface area contributed by atoms with E-state index in [4.69, 9.17) is 0 Å². The molecule has 0 N–H and O–H groups in total. The summed E-state index contributed by atoms with van der Waals surface area (Å²) < 4.78 is 4.43. The molecule has 1 heterocycles. The first kappa shape index (κ1) is 7.03. The zero-order chi connectivity index (χ0) is 8.55. The fourth-order valence-electron chi connectivity index (χ4n) is 1.21. The van der Waals surface area contributed by atoms with Crippen LogP contribution in [0.1, 0.15) is 6.42 Å². The van der Waals surface area contributed by atoms with Crippen molar-refractivity contribution in [1.82, 2.24) is 0 Å². The van der Waals surface area contributed by atoms with Gasteiger partial charge in [0.1, 0.15) is 0 Å². The van der Waals surface area contributed by atoms with Crippen LogP contribution in [0.15, 0.2) is 35.5 Å². The van der Waals surface area contributed by atoms with Crippen molar-refractivity contribution in [2.45, 2.75) is 6.42 Å². The Balaban J connectivity index is 2.50. The summed E-state index contributed by atoms with van der Waals surface area (Å²) in [6.07, 6.45) is 7.43. The molecule has 3 nitrogen and oxygen atoms in total. The molecule has 0 spiro atoms. The fourth-order valence-corrected chi connectivity index (χ4v) is 1.21. The predicted molar refractivity (Wildman–Crippen MR) is 41.0 cm³/mol. The second-order valence-corrected chi connectivity index (χ2v) is 2.56. The summed E-state index contributed by atoms with van der Waals surface area (Å²) in [7, 11) is 0. The van der Waals surface area contributed by atoms with Crippen LogP contribution >= 0.6 is 0 Å². The van der Waals surface area contributed by atoms with Crippen molar-refractivity contribution in [1.29, 1.82) is 0 Å². The monoisotopic (exact) mass is 162 g/mol. The van der Waals surface area contributed by atoms with Crippen LogP contribution in [0.25, 0.3) is 0 Å². The van der Waals surface area contributed by atoms with E-state index in [1.807, 2.05) is 6.08 Å². The number of allylic oxidation sites excluding steroid dienone is 3. The summed E-state index contributed by atoms with van der Waals surface area (Å²) in [5.74, 6) is -1.04. The van der Waals surface area contributed by atoms with E-state index >= 15 is 0 Å². The highest BCUT2D eigenvalue weighted by Gasteiger charge is 2.30. The van der Waals surface area contributed by atoms with Crippen molar-refractivity contribution < 1.29 is 14.3 Å². The quantitative estimate of drug-likeness (QED) is 0.392. The average Bonchev–Trinajstić information content (AvgIpc) is 2.29. The van der Waals surface area contributed by atoms with Gasteiger partial charge in [-0.05, 0) is 12.5 Å². The molecule has 0 aromatic rings. The van der Waals surface area contributed by atoms with Gasteiger partial charge in [0.2, 0.25) is 0 Å². The van der Waals surface area contributed by atoms with Crippen molar-refractivity contribution >= 4 is 11.9 Å². The van der Waals surface area contributed by atoms with Gasteiger partial charge < -0.3 is 4.74 Å². The molecule has 0 unspecified atom stereocenters. The van der Waals surface area contributed by atoms with Crippen LogP contribution in [0.2, 0.25) is 0 Å². The Hall–Kier alpha value is -1.64. The van der Waals surface area contributed by atoms with E-state index in [9.17, 15) is 9.59 Å². The summed E-state index contributed by atoms with van der Waals surface area (Å²) in [5.41, 5.74) is 0.856. The van der Waals surface area contributed by atoms with Crippen LogP contribution in [0, 0.1) is 0 Å². The summed E-state index contributed by atoms with van der Waals surface area (Å²) in [4.78, 5) is 22.0. The van der Waals surface area contributed by atoms with Crippen LogP contribution in [0.3, 0.4) is 0 Å². The van der Waals surface area contributed by atoms with Gasteiger partial charge in [0.05, 0.1) is 11.1 Å². The van der Waals surface area contributed by atoms with E-state index in [1.54, 1.807) is 18.2 Å². The molecular weight excluding hydrogens is 156 g/mol. The first-order valence-electron chi connectivity index (χ1n) is 3.62. The number of ether oxygens (including phenoxy) is 1. The van der Waals surface area contributed by atoms with Gasteiger partial charge in [0, 0.05) is 0 Å². The minimum Gasteiger partial charge on any atom is -0.386 e. The number of cyclic esters (lactones) is 2. The van der Waals surface area contributed by atoms with E-state index in [0.717, 1.165) is 0 Å². The molecule has 0 bridgehead atoms. The van der Waals surface area contributed by atoms with Gasteiger partial charge in [-0.1, -0.05) is 18.2 Å². The smallest absolute Gasteiger partial charge is 0.346 e. The molecule has 3 heteroatoms. The maximum absolute atomic E-state index is 11.0. The normalized spacial score (nSPS) is 21.0. The highest BCUT2D eigenvalue weighted by atomic mass is 16.6. The topological polar surface area (TPSA) is 43.4 Å². The molecule has 0 aromatic carbocycles.